The number of methoxy groups -OCH3 is 2. The summed E-state index contributed by atoms with van der Waals surface area (Å²) in [6.07, 6.45) is 1.23. The summed E-state index contributed by atoms with van der Waals surface area (Å²) in [5.41, 5.74) is 1.20. The van der Waals surface area contributed by atoms with Gasteiger partial charge in [0.25, 0.3) is 5.69 Å². The van der Waals surface area contributed by atoms with Gasteiger partial charge >= 0.3 is 0 Å². The van der Waals surface area contributed by atoms with Crippen LogP contribution in [0.25, 0.3) is 10.2 Å². The van der Waals surface area contributed by atoms with Gasteiger partial charge in [-0.2, -0.15) is 0 Å². The third-order valence-corrected chi connectivity index (χ3v) is 6.74. The number of hydrogen-bond donors (Lipinski definition) is 2. The summed E-state index contributed by atoms with van der Waals surface area (Å²) in [6.45, 7) is 1.45. The van der Waals surface area contributed by atoms with Crippen LogP contribution in [0.1, 0.15) is 12.8 Å². The van der Waals surface area contributed by atoms with Crippen molar-refractivity contribution in [3.63, 3.8) is 0 Å². The number of likely N-dealkylation sites (tertiary alicyclic amines) is 1. The molecule has 2 heterocycles. The number of amides is 2. The Morgan fingerprint density at radius 2 is 1.86 bits per heavy atom. The smallest absolute Gasteiger partial charge is 0.270 e. The van der Waals surface area contributed by atoms with Crippen molar-refractivity contribution < 1.29 is 24.0 Å². The summed E-state index contributed by atoms with van der Waals surface area (Å²) in [5.74, 6) is 0.639. The average Bonchev–Trinajstić information content (AvgIpc) is 3.25. The number of nitro benzene ring substituents is 1. The first kappa shape index (κ1) is 24.4. The van der Waals surface area contributed by atoms with Gasteiger partial charge in [-0.1, -0.05) is 11.3 Å². The monoisotopic (exact) mass is 499 g/mol. The highest BCUT2D eigenvalue weighted by Gasteiger charge is 2.27. The maximum absolute atomic E-state index is 12.7. The number of nitro groups is 1. The molecule has 184 valence electrons. The molecule has 1 aliphatic heterocycles. The lowest BCUT2D eigenvalue weighted by atomic mass is 9.96. The number of ether oxygens (including phenoxy) is 2. The van der Waals surface area contributed by atoms with Gasteiger partial charge in [0.05, 0.1) is 35.9 Å². The van der Waals surface area contributed by atoms with Crippen LogP contribution in [-0.4, -0.2) is 60.5 Å². The first-order chi connectivity index (χ1) is 16.9. The Morgan fingerprint density at radius 1 is 1.11 bits per heavy atom. The van der Waals surface area contributed by atoms with E-state index in [2.05, 4.69) is 15.6 Å². The molecule has 0 radical (unpaired) electrons. The third kappa shape index (κ3) is 5.84. The van der Waals surface area contributed by atoms with E-state index in [1.165, 1.54) is 30.6 Å². The second-order valence-electron chi connectivity index (χ2n) is 8.09. The van der Waals surface area contributed by atoms with E-state index in [9.17, 15) is 19.7 Å². The van der Waals surface area contributed by atoms with Crippen molar-refractivity contribution in [2.24, 2.45) is 5.92 Å². The molecule has 2 N–H and O–H groups in total. The Hall–Kier alpha value is -3.77. The van der Waals surface area contributed by atoms with Gasteiger partial charge in [0.1, 0.15) is 0 Å². The van der Waals surface area contributed by atoms with Crippen molar-refractivity contribution in [2.45, 2.75) is 12.8 Å². The summed E-state index contributed by atoms with van der Waals surface area (Å²) in [5, 5.41) is 17.1. The minimum Gasteiger partial charge on any atom is -0.493 e. The highest BCUT2D eigenvalue weighted by Crippen LogP contribution is 2.31. The number of aromatic nitrogens is 1. The number of anilines is 2. The van der Waals surface area contributed by atoms with Crippen LogP contribution in [0.3, 0.4) is 0 Å². The normalized spacial score (nSPS) is 14.5. The van der Waals surface area contributed by atoms with Gasteiger partial charge in [-0.25, -0.2) is 4.98 Å². The fourth-order valence-electron chi connectivity index (χ4n) is 3.96. The molecule has 0 bridgehead atoms. The fourth-order valence-corrected chi connectivity index (χ4v) is 4.86. The van der Waals surface area contributed by atoms with Gasteiger partial charge in [-0.15, -0.1) is 0 Å². The molecule has 0 saturated carbocycles. The minimum atomic E-state index is -0.459. The van der Waals surface area contributed by atoms with Crippen molar-refractivity contribution >= 4 is 49.9 Å². The molecular formula is C23H25N5O6S. The van der Waals surface area contributed by atoms with Crippen molar-refractivity contribution in [1.82, 2.24) is 9.88 Å². The molecule has 2 aromatic carbocycles. The highest BCUT2D eigenvalue weighted by molar-refractivity contribution is 7.22. The number of nitrogens with one attached hydrogen (secondary N) is 2. The Labute approximate surface area is 205 Å². The Kier molecular flexibility index (Phi) is 7.42. The lowest BCUT2D eigenvalue weighted by Gasteiger charge is -2.30. The average molecular weight is 500 g/mol. The van der Waals surface area contributed by atoms with Gasteiger partial charge in [0, 0.05) is 29.8 Å². The first-order valence-electron chi connectivity index (χ1n) is 11.0. The van der Waals surface area contributed by atoms with Gasteiger partial charge in [-0.3, -0.25) is 24.6 Å². The zero-order chi connectivity index (χ0) is 24.9. The molecule has 0 spiro atoms. The molecule has 1 saturated heterocycles. The number of rotatable bonds is 8. The van der Waals surface area contributed by atoms with E-state index in [0.29, 0.717) is 58.5 Å². The number of thiazole rings is 1. The number of hydrogen-bond acceptors (Lipinski definition) is 9. The predicted octanol–water partition coefficient (Wildman–Crippen LogP) is 3.51. The fraction of sp³-hybridized carbons (Fsp3) is 0.348. The van der Waals surface area contributed by atoms with Crippen molar-refractivity contribution in [3.05, 3.63) is 46.5 Å². The lowest BCUT2D eigenvalue weighted by molar-refractivity contribution is -0.384. The van der Waals surface area contributed by atoms with Gasteiger partial charge in [0.2, 0.25) is 11.8 Å². The van der Waals surface area contributed by atoms with Gasteiger partial charge < -0.3 is 20.1 Å². The topological polar surface area (TPSA) is 136 Å². The maximum atomic E-state index is 12.7. The Bertz CT molecular complexity index is 1250. The minimum absolute atomic E-state index is 0.0124. The van der Waals surface area contributed by atoms with Crippen LogP contribution in [0.2, 0.25) is 0 Å². The number of nitrogens with zero attached hydrogens (tertiary/aromatic N) is 3. The number of piperidine rings is 1. The van der Waals surface area contributed by atoms with E-state index in [-0.39, 0.29) is 30.0 Å². The molecule has 3 aromatic rings. The molecule has 11 nitrogen and oxygen atoms in total. The molecule has 12 heteroatoms. The molecule has 4 rings (SSSR count). The standard InChI is InChI=1S/C23H25N5O6S/c1-33-18-6-3-15(11-19(18)34-2)24-21(29)13-27-9-7-14(8-10-27)22(30)26-23-25-17-5-4-16(28(31)32)12-20(17)35-23/h3-6,11-12,14H,7-10,13H2,1-2H3,(H,24,29)(H,25,26,30). The summed E-state index contributed by atoms with van der Waals surface area (Å²) in [4.78, 5) is 42.1. The van der Waals surface area contributed by atoms with Crippen LogP contribution in [0.5, 0.6) is 11.5 Å². The summed E-state index contributed by atoms with van der Waals surface area (Å²) in [6, 6.07) is 9.60. The Balaban J connectivity index is 1.27. The lowest BCUT2D eigenvalue weighted by Crippen LogP contribution is -2.41. The zero-order valence-corrected chi connectivity index (χ0v) is 20.1. The Morgan fingerprint density at radius 3 is 2.54 bits per heavy atom. The van der Waals surface area contributed by atoms with E-state index in [1.807, 2.05) is 4.90 Å². The molecule has 1 aromatic heterocycles. The summed E-state index contributed by atoms with van der Waals surface area (Å²) < 4.78 is 11.1. The second-order valence-corrected chi connectivity index (χ2v) is 9.12. The quantitative estimate of drug-likeness (QED) is 0.355. The van der Waals surface area contributed by atoms with Crippen molar-refractivity contribution in [2.75, 3.05) is 44.5 Å². The highest BCUT2D eigenvalue weighted by atomic mass is 32.1. The molecule has 35 heavy (non-hydrogen) atoms. The van der Waals surface area contributed by atoms with Crippen LogP contribution in [0, 0.1) is 16.0 Å². The number of carbonyl (C=O) groups excluding carboxylic acids is 2. The molecule has 1 fully saturated rings. The first-order valence-corrected chi connectivity index (χ1v) is 11.8. The van der Waals surface area contributed by atoms with E-state index < -0.39 is 4.92 Å². The van der Waals surface area contributed by atoms with Crippen LogP contribution in [0.4, 0.5) is 16.5 Å². The molecule has 0 aliphatic carbocycles. The van der Waals surface area contributed by atoms with Crippen LogP contribution in [-0.2, 0) is 9.59 Å². The summed E-state index contributed by atoms with van der Waals surface area (Å²) in [7, 11) is 3.08. The van der Waals surface area contributed by atoms with Crippen LogP contribution < -0.4 is 20.1 Å². The zero-order valence-electron chi connectivity index (χ0n) is 19.3. The molecule has 0 atom stereocenters. The van der Waals surface area contributed by atoms with Crippen LogP contribution >= 0.6 is 11.3 Å². The van der Waals surface area contributed by atoms with E-state index >= 15 is 0 Å². The van der Waals surface area contributed by atoms with E-state index in [4.69, 9.17) is 9.47 Å². The van der Waals surface area contributed by atoms with Gasteiger partial charge in [0.15, 0.2) is 16.6 Å². The third-order valence-electron chi connectivity index (χ3n) is 5.81. The largest absolute Gasteiger partial charge is 0.493 e. The van der Waals surface area contributed by atoms with E-state index in [1.54, 1.807) is 31.4 Å². The number of benzene rings is 2. The number of carbonyl (C=O) groups is 2. The maximum Gasteiger partial charge on any atom is 0.270 e. The predicted molar refractivity (Wildman–Crippen MR) is 132 cm³/mol. The van der Waals surface area contributed by atoms with Crippen LogP contribution in [0.15, 0.2) is 36.4 Å². The summed E-state index contributed by atoms with van der Waals surface area (Å²) >= 11 is 1.21. The molecular weight excluding hydrogens is 474 g/mol. The number of fused-ring (bicyclic) bond motifs is 1. The SMILES string of the molecule is COc1ccc(NC(=O)CN2CCC(C(=O)Nc3nc4ccc([N+](=O)[O-])cc4s3)CC2)cc1OC. The van der Waals surface area contributed by atoms with E-state index in [0.717, 1.165) is 0 Å². The molecule has 2 amide bonds. The number of non-ortho nitro benzene ring substituents is 1. The van der Waals surface area contributed by atoms with Crippen molar-refractivity contribution in [3.8, 4) is 11.5 Å². The molecule has 1 aliphatic rings. The molecule has 0 unspecified atom stereocenters. The van der Waals surface area contributed by atoms with Crippen molar-refractivity contribution in [1.29, 1.82) is 0 Å². The second kappa shape index (κ2) is 10.7. The van der Waals surface area contributed by atoms with Gasteiger partial charge in [-0.05, 0) is 44.1 Å².